The Balaban J connectivity index is 2.21. The number of allylic oxidation sites excluding steroid dienone is 1. The fourth-order valence-corrected chi connectivity index (χ4v) is 3.74. The van der Waals surface area contributed by atoms with Crippen LogP contribution in [0.15, 0.2) is 29.2 Å². The molecule has 0 saturated heterocycles. The van der Waals surface area contributed by atoms with Gasteiger partial charge in [-0.3, -0.25) is 0 Å². The van der Waals surface area contributed by atoms with E-state index < -0.39 is 10.0 Å². The maximum atomic E-state index is 12.4. The average molecular weight is 295 g/mol. The normalized spacial score (nSPS) is 18.1. The first-order valence-electron chi connectivity index (χ1n) is 6.85. The van der Waals surface area contributed by atoms with Gasteiger partial charge in [0.15, 0.2) is 0 Å². The lowest BCUT2D eigenvalue weighted by Gasteiger charge is -2.22. The van der Waals surface area contributed by atoms with E-state index in [2.05, 4.69) is 4.72 Å². The van der Waals surface area contributed by atoms with Gasteiger partial charge < -0.3 is 5.11 Å². The number of aliphatic hydroxyl groups is 1. The number of hydrogen-bond donors (Lipinski definition) is 2. The molecule has 2 rings (SSSR count). The van der Waals surface area contributed by atoms with Crippen LogP contribution in [0.1, 0.15) is 31.4 Å². The Bertz CT molecular complexity index is 607. The third-order valence-electron chi connectivity index (χ3n) is 3.84. The van der Waals surface area contributed by atoms with E-state index in [-0.39, 0.29) is 18.6 Å². The highest BCUT2D eigenvalue weighted by molar-refractivity contribution is 7.93. The number of nitrogens with one attached hydrogen (secondary N) is 1. The number of aliphatic hydroxyl groups excluding tert-OH is 1. The van der Waals surface area contributed by atoms with E-state index in [1.807, 2.05) is 31.2 Å². The number of sulfonamides is 1. The standard InChI is InChI=1S/C15H21NO3S/c1-11(10-17)12(2)16-20(18,19)15-8-7-13-5-3-4-6-14(13)9-15/h3-6,9,11-12,16-17H,7-8,10H2,1-2H3. The van der Waals surface area contributed by atoms with Gasteiger partial charge in [0.05, 0.1) is 4.91 Å². The second-order valence-electron chi connectivity index (χ2n) is 5.38. The fourth-order valence-electron chi connectivity index (χ4n) is 2.21. The zero-order valence-corrected chi connectivity index (χ0v) is 12.7. The van der Waals surface area contributed by atoms with Crippen molar-refractivity contribution in [2.75, 3.05) is 6.61 Å². The van der Waals surface area contributed by atoms with Crippen molar-refractivity contribution < 1.29 is 13.5 Å². The lowest BCUT2D eigenvalue weighted by atomic mass is 9.98. The summed E-state index contributed by atoms with van der Waals surface area (Å²) in [6, 6.07) is 7.55. The summed E-state index contributed by atoms with van der Waals surface area (Å²) in [7, 11) is -3.48. The van der Waals surface area contributed by atoms with E-state index in [9.17, 15) is 8.42 Å². The van der Waals surface area contributed by atoms with Gasteiger partial charge in [0.25, 0.3) is 0 Å². The molecule has 1 aliphatic rings. The molecule has 4 nitrogen and oxygen atoms in total. The number of rotatable bonds is 5. The molecule has 0 bridgehead atoms. The van der Waals surface area contributed by atoms with Gasteiger partial charge >= 0.3 is 0 Å². The fraction of sp³-hybridized carbons (Fsp3) is 0.467. The zero-order chi connectivity index (χ0) is 14.8. The van der Waals surface area contributed by atoms with Crippen molar-refractivity contribution in [2.24, 2.45) is 5.92 Å². The quantitative estimate of drug-likeness (QED) is 0.872. The molecule has 0 radical (unpaired) electrons. The molecule has 2 N–H and O–H groups in total. The van der Waals surface area contributed by atoms with E-state index in [4.69, 9.17) is 5.11 Å². The Hall–Kier alpha value is -1.17. The highest BCUT2D eigenvalue weighted by Crippen LogP contribution is 2.26. The molecule has 0 fully saturated rings. The molecule has 2 unspecified atom stereocenters. The van der Waals surface area contributed by atoms with Crippen LogP contribution in [0.4, 0.5) is 0 Å². The van der Waals surface area contributed by atoms with Gasteiger partial charge in [-0.15, -0.1) is 0 Å². The second kappa shape index (κ2) is 6.08. The van der Waals surface area contributed by atoms with Gasteiger partial charge in [-0.25, -0.2) is 13.1 Å². The van der Waals surface area contributed by atoms with Gasteiger partial charge in [-0.1, -0.05) is 31.2 Å². The first kappa shape index (κ1) is 15.2. The molecule has 0 aliphatic heterocycles. The summed E-state index contributed by atoms with van der Waals surface area (Å²) < 4.78 is 27.4. The summed E-state index contributed by atoms with van der Waals surface area (Å²) in [5.41, 5.74) is 2.16. The maximum absolute atomic E-state index is 12.4. The minimum atomic E-state index is -3.48. The van der Waals surface area contributed by atoms with Crippen LogP contribution in [0.2, 0.25) is 0 Å². The van der Waals surface area contributed by atoms with Crippen molar-refractivity contribution in [3.05, 3.63) is 40.3 Å². The van der Waals surface area contributed by atoms with E-state index in [1.165, 1.54) is 5.56 Å². The minimum Gasteiger partial charge on any atom is -0.396 e. The molecule has 0 spiro atoms. The van der Waals surface area contributed by atoms with Crippen LogP contribution in [0, 0.1) is 5.92 Å². The van der Waals surface area contributed by atoms with Crippen LogP contribution in [-0.4, -0.2) is 26.2 Å². The van der Waals surface area contributed by atoms with Gasteiger partial charge in [0.2, 0.25) is 10.0 Å². The first-order valence-corrected chi connectivity index (χ1v) is 8.34. The van der Waals surface area contributed by atoms with Gasteiger partial charge in [0.1, 0.15) is 0 Å². The van der Waals surface area contributed by atoms with Crippen LogP contribution in [0.3, 0.4) is 0 Å². The van der Waals surface area contributed by atoms with E-state index >= 15 is 0 Å². The lowest BCUT2D eigenvalue weighted by Crippen LogP contribution is -2.39. The van der Waals surface area contributed by atoms with Gasteiger partial charge in [-0.2, -0.15) is 0 Å². The highest BCUT2D eigenvalue weighted by Gasteiger charge is 2.25. The third-order valence-corrected chi connectivity index (χ3v) is 5.53. The predicted molar refractivity (Wildman–Crippen MR) is 80.5 cm³/mol. The van der Waals surface area contributed by atoms with Crippen molar-refractivity contribution in [3.63, 3.8) is 0 Å². The van der Waals surface area contributed by atoms with Crippen molar-refractivity contribution in [2.45, 2.75) is 32.7 Å². The van der Waals surface area contributed by atoms with Crippen molar-refractivity contribution in [1.82, 2.24) is 4.72 Å². The molecule has 0 amide bonds. The largest absolute Gasteiger partial charge is 0.396 e. The molecular weight excluding hydrogens is 274 g/mol. The van der Waals surface area contributed by atoms with Crippen LogP contribution in [-0.2, 0) is 16.4 Å². The Morgan fingerprint density at radius 1 is 1.25 bits per heavy atom. The second-order valence-corrected chi connectivity index (χ2v) is 7.15. The molecule has 110 valence electrons. The van der Waals surface area contributed by atoms with Gasteiger partial charge in [0, 0.05) is 12.6 Å². The van der Waals surface area contributed by atoms with Crippen LogP contribution >= 0.6 is 0 Å². The minimum absolute atomic E-state index is 0.0361. The molecule has 5 heteroatoms. The first-order chi connectivity index (χ1) is 9.44. The summed E-state index contributed by atoms with van der Waals surface area (Å²) in [5, 5.41) is 9.09. The highest BCUT2D eigenvalue weighted by atomic mass is 32.2. The summed E-state index contributed by atoms with van der Waals surface area (Å²) in [6.45, 7) is 3.55. The summed E-state index contributed by atoms with van der Waals surface area (Å²) >= 11 is 0. The molecule has 2 atom stereocenters. The zero-order valence-electron chi connectivity index (χ0n) is 11.8. The molecular formula is C15H21NO3S. The van der Waals surface area contributed by atoms with Crippen LogP contribution in [0.5, 0.6) is 0 Å². The number of aryl methyl sites for hydroxylation is 1. The molecule has 20 heavy (non-hydrogen) atoms. The van der Waals surface area contributed by atoms with Crippen LogP contribution < -0.4 is 4.72 Å². The van der Waals surface area contributed by atoms with E-state index in [0.29, 0.717) is 11.3 Å². The maximum Gasteiger partial charge on any atom is 0.236 e. The van der Waals surface area contributed by atoms with Crippen LogP contribution in [0.25, 0.3) is 6.08 Å². The average Bonchev–Trinajstić information content (AvgIpc) is 2.45. The van der Waals surface area contributed by atoms with Crippen molar-refractivity contribution in [3.8, 4) is 0 Å². The molecule has 0 heterocycles. The van der Waals surface area contributed by atoms with Crippen molar-refractivity contribution >= 4 is 16.1 Å². The Labute approximate surface area is 120 Å². The summed E-state index contributed by atoms with van der Waals surface area (Å²) in [6.07, 6.45) is 3.01. The molecule has 1 aromatic rings. The van der Waals surface area contributed by atoms with E-state index in [1.54, 1.807) is 13.0 Å². The monoisotopic (exact) mass is 295 g/mol. The topological polar surface area (TPSA) is 66.4 Å². The molecule has 1 aliphatic carbocycles. The number of benzene rings is 1. The number of hydrogen-bond acceptors (Lipinski definition) is 3. The Morgan fingerprint density at radius 2 is 1.95 bits per heavy atom. The summed E-state index contributed by atoms with van der Waals surface area (Å²) in [5.74, 6) is -0.110. The predicted octanol–water partition coefficient (Wildman–Crippen LogP) is 1.91. The molecule has 1 aromatic carbocycles. The molecule has 0 saturated carbocycles. The summed E-state index contributed by atoms with van der Waals surface area (Å²) in [4.78, 5) is 0.424. The van der Waals surface area contributed by atoms with E-state index in [0.717, 1.165) is 12.0 Å². The molecule has 0 aromatic heterocycles. The number of fused-ring (bicyclic) bond motifs is 1. The smallest absolute Gasteiger partial charge is 0.236 e. The Kier molecular flexibility index (Phi) is 4.62. The lowest BCUT2D eigenvalue weighted by molar-refractivity contribution is 0.216. The Morgan fingerprint density at radius 3 is 2.65 bits per heavy atom. The van der Waals surface area contributed by atoms with Gasteiger partial charge in [-0.05, 0) is 42.9 Å². The van der Waals surface area contributed by atoms with Crippen molar-refractivity contribution in [1.29, 1.82) is 0 Å². The SMILES string of the molecule is CC(CO)C(C)NS(=O)(=O)C1=Cc2ccccc2CC1. The third kappa shape index (κ3) is 3.29.